The summed E-state index contributed by atoms with van der Waals surface area (Å²) in [4.78, 5) is 22.0. The number of carboxylic acids is 1. The van der Waals surface area contributed by atoms with Gasteiger partial charge < -0.3 is 10.4 Å². The van der Waals surface area contributed by atoms with Gasteiger partial charge >= 0.3 is 5.97 Å². The summed E-state index contributed by atoms with van der Waals surface area (Å²) in [6.45, 7) is 1.64. The first-order chi connectivity index (χ1) is 8.40. The zero-order valence-corrected chi connectivity index (χ0v) is 10.5. The Morgan fingerprint density at radius 1 is 1.44 bits per heavy atom. The fraction of sp³-hybridized carbons (Fsp3) is 0.333. The molecule has 1 aromatic rings. The van der Waals surface area contributed by atoms with Crippen LogP contribution in [-0.4, -0.2) is 17.0 Å². The highest BCUT2D eigenvalue weighted by atomic mass is 35.5. The maximum absolute atomic E-state index is 13.4. The summed E-state index contributed by atoms with van der Waals surface area (Å²) in [5, 5.41) is 11.0. The van der Waals surface area contributed by atoms with Crippen LogP contribution in [0, 0.1) is 11.7 Å². The summed E-state index contributed by atoms with van der Waals surface area (Å²) in [5.41, 5.74) is -0.0771. The van der Waals surface area contributed by atoms with Crippen LogP contribution in [0.4, 0.5) is 10.1 Å². The van der Waals surface area contributed by atoms with E-state index in [2.05, 4.69) is 5.32 Å². The van der Waals surface area contributed by atoms with Gasteiger partial charge in [0.15, 0.2) is 0 Å². The standard InChI is InChI=1S/C12H13ClFNO3/c1-7(6-11(17)18)5-10(16)15-12-8(13)3-2-4-9(12)14/h2-4,7H,5-6H2,1H3,(H,15,16)(H,17,18). The number of hydrogen-bond acceptors (Lipinski definition) is 2. The van der Waals surface area contributed by atoms with E-state index in [4.69, 9.17) is 16.7 Å². The van der Waals surface area contributed by atoms with Crippen LogP contribution in [-0.2, 0) is 9.59 Å². The molecule has 1 unspecified atom stereocenters. The van der Waals surface area contributed by atoms with Gasteiger partial charge in [-0.2, -0.15) is 0 Å². The predicted molar refractivity (Wildman–Crippen MR) is 66.1 cm³/mol. The zero-order chi connectivity index (χ0) is 13.7. The van der Waals surface area contributed by atoms with Gasteiger partial charge in [-0.3, -0.25) is 9.59 Å². The lowest BCUT2D eigenvalue weighted by atomic mass is 10.0. The largest absolute Gasteiger partial charge is 0.481 e. The second-order valence-electron chi connectivity index (χ2n) is 4.05. The molecule has 2 N–H and O–H groups in total. The molecule has 0 radical (unpaired) electrons. The maximum Gasteiger partial charge on any atom is 0.303 e. The molecule has 98 valence electrons. The van der Waals surface area contributed by atoms with E-state index in [0.29, 0.717) is 0 Å². The van der Waals surface area contributed by atoms with Gasteiger partial charge in [0.25, 0.3) is 0 Å². The minimum Gasteiger partial charge on any atom is -0.481 e. The minimum absolute atomic E-state index is 0.00301. The molecule has 6 heteroatoms. The Morgan fingerprint density at radius 2 is 2.11 bits per heavy atom. The molecule has 1 atom stereocenters. The first-order valence-electron chi connectivity index (χ1n) is 5.35. The molecule has 0 aliphatic carbocycles. The topological polar surface area (TPSA) is 66.4 Å². The van der Waals surface area contributed by atoms with E-state index in [0.717, 1.165) is 0 Å². The van der Waals surface area contributed by atoms with Gasteiger partial charge in [-0.25, -0.2) is 4.39 Å². The Kier molecular flexibility index (Phi) is 5.09. The monoisotopic (exact) mass is 273 g/mol. The number of hydrogen-bond donors (Lipinski definition) is 2. The molecule has 0 bridgehead atoms. The van der Waals surface area contributed by atoms with Crippen LogP contribution in [0.25, 0.3) is 0 Å². The number of benzene rings is 1. The quantitative estimate of drug-likeness (QED) is 0.867. The normalized spacial score (nSPS) is 11.9. The fourth-order valence-corrected chi connectivity index (χ4v) is 1.70. The van der Waals surface area contributed by atoms with Crippen LogP contribution in [0.3, 0.4) is 0 Å². The molecule has 1 amide bonds. The van der Waals surface area contributed by atoms with E-state index in [1.165, 1.54) is 18.2 Å². The van der Waals surface area contributed by atoms with Gasteiger partial charge in [0.2, 0.25) is 5.91 Å². The summed E-state index contributed by atoms with van der Waals surface area (Å²) in [7, 11) is 0. The SMILES string of the molecule is CC(CC(=O)O)CC(=O)Nc1c(F)cccc1Cl. The third kappa shape index (κ3) is 4.33. The van der Waals surface area contributed by atoms with Crippen molar-refractivity contribution in [2.24, 2.45) is 5.92 Å². The number of para-hydroxylation sites is 1. The number of rotatable bonds is 5. The van der Waals surface area contributed by atoms with Crippen LogP contribution in [0.15, 0.2) is 18.2 Å². The molecule has 0 aliphatic rings. The molecule has 18 heavy (non-hydrogen) atoms. The first-order valence-corrected chi connectivity index (χ1v) is 5.73. The predicted octanol–water partition coefficient (Wildman–Crippen LogP) is 2.92. The van der Waals surface area contributed by atoms with Crippen molar-refractivity contribution in [1.29, 1.82) is 0 Å². The molecule has 0 fully saturated rings. The van der Waals surface area contributed by atoms with Crippen molar-refractivity contribution >= 4 is 29.2 Å². The van der Waals surface area contributed by atoms with Crippen molar-refractivity contribution in [3.63, 3.8) is 0 Å². The van der Waals surface area contributed by atoms with E-state index >= 15 is 0 Å². The fourth-order valence-electron chi connectivity index (χ4n) is 1.49. The molecule has 0 saturated carbocycles. The lowest BCUT2D eigenvalue weighted by molar-refractivity contribution is -0.138. The van der Waals surface area contributed by atoms with Gasteiger partial charge in [0.1, 0.15) is 5.82 Å². The number of carbonyl (C=O) groups excluding carboxylic acids is 1. The van der Waals surface area contributed by atoms with Crippen molar-refractivity contribution < 1.29 is 19.1 Å². The Bertz CT molecular complexity index is 444. The average molecular weight is 274 g/mol. The maximum atomic E-state index is 13.4. The van der Waals surface area contributed by atoms with Crippen LogP contribution in [0.2, 0.25) is 5.02 Å². The highest BCUT2D eigenvalue weighted by Crippen LogP contribution is 2.25. The van der Waals surface area contributed by atoms with Crippen LogP contribution >= 0.6 is 11.6 Å². The van der Waals surface area contributed by atoms with Crippen LogP contribution in [0.5, 0.6) is 0 Å². The van der Waals surface area contributed by atoms with Crippen molar-refractivity contribution in [3.8, 4) is 0 Å². The second kappa shape index (κ2) is 6.35. The third-order valence-electron chi connectivity index (χ3n) is 2.28. The Hall–Kier alpha value is -1.62. The summed E-state index contributed by atoms with van der Waals surface area (Å²) in [5.74, 6) is -2.38. The number of halogens is 2. The second-order valence-corrected chi connectivity index (χ2v) is 4.46. The van der Waals surface area contributed by atoms with E-state index in [9.17, 15) is 14.0 Å². The molecule has 0 heterocycles. The van der Waals surface area contributed by atoms with E-state index in [1.807, 2.05) is 0 Å². The zero-order valence-electron chi connectivity index (χ0n) is 9.74. The number of nitrogens with one attached hydrogen (secondary N) is 1. The molecule has 0 aliphatic heterocycles. The van der Waals surface area contributed by atoms with E-state index in [-0.39, 0.29) is 29.5 Å². The van der Waals surface area contributed by atoms with E-state index in [1.54, 1.807) is 6.92 Å². The number of aliphatic carboxylic acids is 1. The molecular weight excluding hydrogens is 261 g/mol. The molecule has 1 aromatic carbocycles. The minimum atomic E-state index is -0.973. The van der Waals surface area contributed by atoms with E-state index < -0.39 is 17.7 Å². The van der Waals surface area contributed by atoms with Crippen molar-refractivity contribution in [3.05, 3.63) is 29.0 Å². The molecule has 4 nitrogen and oxygen atoms in total. The Labute approximate surface area is 109 Å². The van der Waals surface area contributed by atoms with Crippen LogP contribution < -0.4 is 5.32 Å². The average Bonchev–Trinajstić information content (AvgIpc) is 2.22. The Morgan fingerprint density at radius 3 is 2.67 bits per heavy atom. The number of carbonyl (C=O) groups is 2. The molecular formula is C12H13ClFNO3. The highest BCUT2D eigenvalue weighted by Gasteiger charge is 2.15. The number of anilines is 1. The summed E-state index contributed by atoms with van der Waals surface area (Å²) < 4.78 is 13.4. The van der Waals surface area contributed by atoms with Gasteiger partial charge in [-0.15, -0.1) is 0 Å². The first kappa shape index (κ1) is 14.4. The number of carboxylic acid groups (broad SMARTS) is 1. The molecule has 0 aromatic heterocycles. The third-order valence-corrected chi connectivity index (χ3v) is 2.60. The van der Waals surface area contributed by atoms with Crippen molar-refractivity contribution in [2.45, 2.75) is 19.8 Å². The van der Waals surface area contributed by atoms with Crippen LogP contribution in [0.1, 0.15) is 19.8 Å². The summed E-state index contributed by atoms with van der Waals surface area (Å²) in [6, 6.07) is 4.07. The molecule has 0 saturated heterocycles. The summed E-state index contributed by atoms with van der Waals surface area (Å²) >= 11 is 5.75. The lowest BCUT2D eigenvalue weighted by Crippen LogP contribution is -2.17. The smallest absolute Gasteiger partial charge is 0.303 e. The Balaban J connectivity index is 2.62. The van der Waals surface area contributed by atoms with Crippen molar-refractivity contribution in [2.75, 3.05) is 5.32 Å². The molecule has 1 rings (SSSR count). The molecule has 0 spiro atoms. The van der Waals surface area contributed by atoms with Crippen molar-refractivity contribution in [1.82, 2.24) is 0 Å². The number of amides is 1. The van der Waals surface area contributed by atoms with Gasteiger partial charge in [0.05, 0.1) is 10.7 Å². The lowest BCUT2D eigenvalue weighted by Gasteiger charge is -2.11. The van der Waals surface area contributed by atoms with Gasteiger partial charge in [-0.05, 0) is 18.1 Å². The highest BCUT2D eigenvalue weighted by molar-refractivity contribution is 6.33. The van der Waals surface area contributed by atoms with Gasteiger partial charge in [-0.1, -0.05) is 24.6 Å². The summed E-state index contributed by atoms with van der Waals surface area (Å²) in [6.07, 6.45) is -0.116. The van der Waals surface area contributed by atoms with Gasteiger partial charge in [0, 0.05) is 12.8 Å².